The average molecular weight is 443 g/mol. The van der Waals surface area contributed by atoms with Gasteiger partial charge in [0.2, 0.25) is 0 Å². The summed E-state index contributed by atoms with van der Waals surface area (Å²) in [5.74, 6) is 0. The van der Waals surface area contributed by atoms with Crippen LogP contribution in [0.4, 0.5) is 11.4 Å². The van der Waals surface area contributed by atoms with Crippen LogP contribution in [0.5, 0.6) is 0 Å². The number of rotatable bonds is 7. The fourth-order valence-corrected chi connectivity index (χ4v) is 4.62. The number of benzene rings is 2. The summed E-state index contributed by atoms with van der Waals surface area (Å²) in [4.78, 5) is 17.8. The van der Waals surface area contributed by atoms with Crippen molar-refractivity contribution in [2.24, 2.45) is 0 Å². The molecule has 1 aromatic heterocycles. The number of hydrogen-bond donors (Lipinski definition) is 1. The normalized spacial score (nSPS) is 14.2. The third-order valence-electron chi connectivity index (χ3n) is 6.16. The van der Waals surface area contributed by atoms with Crippen LogP contribution in [0.3, 0.4) is 0 Å². The molecule has 170 valence electrons. The summed E-state index contributed by atoms with van der Waals surface area (Å²) in [7, 11) is 0. The lowest BCUT2D eigenvalue weighted by atomic mass is 9.88. The molecule has 0 aliphatic carbocycles. The Balaban J connectivity index is 1.43. The molecule has 0 bridgehead atoms. The minimum atomic E-state index is -0.350. The van der Waals surface area contributed by atoms with E-state index < -0.39 is 0 Å². The van der Waals surface area contributed by atoms with E-state index in [1.807, 2.05) is 6.92 Å². The summed E-state index contributed by atoms with van der Waals surface area (Å²) in [6, 6.07) is 23.0. The predicted molar refractivity (Wildman–Crippen MR) is 133 cm³/mol. The molecule has 0 spiro atoms. The highest BCUT2D eigenvalue weighted by Gasteiger charge is 2.21. The van der Waals surface area contributed by atoms with Gasteiger partial charge in [0.1, 0.15) is 11.4 Å². The van der Waals surface area contributed by atoms with Crippen molar-refractivity contribution in [1.29, 1.82) is 0 Å². The lowest BCUT2D eigenvalue weighted by Gasteiger charge is -2.30. The van der Waals surface area contributed by atoms with Gasteiger partial charge in [-0.25, -0.2) is 0 Å². The van der Waals surface area contributed by atoms with Crippen molar-refractivity contribution in [3.63, 3.8) is 0 Å². The van der Waals surface area contributed by atoms with E-state index in [-0.39, 0.29) is 10.6 Å². The van der Waals surface area contributed by atoms with Gasteiger partial charge in [-0.1, -0.05) is 66.2 Å². The van der Waals surface area contributed by atoms with E-state index in [2.05, 4.69) is 75.9 Å². The summed E-state index contributed by atoms with van der Waals surface area (Å²) in [6.07, 6.45) is 2.04. The Morgan fingerprint density at radius 1 is 1.00 bits per heavy atom. The number of aromatic nitrogens is 1. The lowest BCUT2D eigenvalue weighted by Crippen LogP contribution is -2.35. The maximum Gasteiger partial charge on any atom is 0.313 e. The summed E-state index contributed by atoms with van der Waals surface area (Å²) in [6.45, 7) is 7.01. The predicted octanol–water partition coefficient (Wildman–Crippen LogP) is 5.62. The molecule has 6 heteroatoms. The Morgan fingerprint density at radius 3 is 2.12 bits per heavy atom. The molecule has 0 radical (unpaired) electrons. The number of hydrogen-bond acceptors (Lipinski definition) is 5. The molecule has 1 aliphatic rings. The largest absolute Gasteiger partial charge is 0.378 e. The number of piperidine rings is 1. The summed E-state index contributed by atoms with van der Waals surface area (Å²) >= 11 is 0. The van der Waals surface area contributed by atoms with E-state index in [1.165, 1.54) is 22.3 Å². The number of nitro groups is 1. The van der Waals surface area contributed by atoms with Crippen molar-refractivity contribution in [3.8, 4) is 0 Å². The van der Waals surface area contributed by atoms with Gasteiger partial charge < -0.3 is 10.2 Å². The van der Waals surface area contributed by atoms with Crippen LogP contribution in [0, 0.1) is 24.0 Å². The smallest absolute Gasteiger partial charge is 0.313 e. The number of likely N-dealkylation sites (tertiary alicyclic amines) is 1. The van der Waals surface area contributed by atoms with E-state index >= 15 is 0 Å². The second-order valence-electron chi connectivity index (χ2n) is 8.48. The van der Waals surface area contributed by atoms with Crippen LogP contribution in [0.25, 0.3) is 5.57 Å². The Hall–Kier alpha value is -3.51. The first-order chi connectivity index (χ1) is 16.0. The molecule has 0 atom stereocenters. The Labute approximate surface area is 195 Å². The Kier molecular flexibility index (Phi) is 7.15. The molecular weight excluding hydrogens is 412 g/mol. The highest BCUT2D eigenvalue weighted by Crippen LogP contribution is 2.32. The van der Waals surface area contributed by atoms with Gasteiger partial charge >= 0.3 is 5.69 Å². The molecular formula is C27H30N4O2. The second kappa shape index (κ2) is 10.4. The van der Waals surface area contributed by atoms with Gasteiger partial charge in [-0.3, -0.25) is 15.1 Å². The van der Waals surface area contributed by atoms with Crippen LogP contribution in [-0.4, -0.2) is 41.0 Å². The summed E-state index contributed by atoms with van der Waals surface area (Å²) in [5, 5.41) is 14.7. The van der Waals surface area contributed by atoms with Gasteiger partial charge in [0.15, 0.2) is 0 Å². The minimum absolute atomic E-state index is 0.0693. The monoisotopic (exact) mass is 442 g/mol. The minimum Gasteiger partial charge on any atom is -0.378 e. The molecule has 1 saturated heterocycles. The molecule has 4 rings (SSSR count). The van der Waals surface area contributed by atoms with Crippen LogP contribution in [0.2, 0.25) is 0 Å². The van der Waals surface area contributed by atoms with Crippen molar-refractivity contribution >= 4 is 16.9 Å². The zero-order chi connectivity index (χ0) is 23.2. The number of nitrogens with one attached hydrogen (secondary N) is 1. The van der Waals surface area contributed by atoms with Crippen LogP contribution >= 0.6 is 0 Å². The van der Waals surface area contributed by atoms with Gasteiger partial charge in [0.25, 0.3) is 0 Å². The first-order valence-corrected chi connectivity index (χ1v) is 11.4. The van der Waals surface area contributed by atoms with E-state index in [1.54, 1.807) is 13.0 Å². The van der Waals surface area contributed by atoms with E-state index in [0.717, 1.165) is 38.2 Å². The zero-order valence-electron chi connectivity index (χ0n) is 19.3. The van der Waals surface area contributed by atoms with Gasteiger partial charge in [-0.05, 0) is 49.5 Å². The molecule has 2 heterocycles. The van der Waals surface area contributed by atoms with Crippen molar-refractivity contribution in [3.05, 3.63) is 105 Å². The van der Waals surface area contributed by atoms with Crippen LogP contribution in [0.1, 0.15) is 35.4 Å². The molecule has 3 aromatic rings. The first kappa shape index (κ1) is 22.7. The van der Waals surface area contributed by atoms with Crippen LogP contribution < -0.4 is 5.32 Å². The van der Waals surface area contributed by atoms with Gasteiger partial charge in [0, 0.05) is 31.9 Å². The third-order valence-corrected chi connectivity index (χ3v) is 6.16. The average Bonchev–Trinajstić information content (AvgIpc) is 2.81. The highest BCUT2D eigenvalue weighted by atomic mass is 16.6. The van der Waals surface area contributed by atoms with Crippen LogP contribution in [0.15, 0.2) is 72.3 Å². The number of pyridine rings is 1. The SMILES string of the molecule is Cc1cc(NCCN2CCC(=C(c3ccccc3)c3ccccc3)CC2)c([N+](=O)[O-])c(C)n1. The summed E-state index contributed by atoms with van der Waals surface area (Å²) < 4.78 is 0. The Morgan fingerprint density at radius 2 is 1.58 bits per heavy atom. The molecule has 33 heavy (non-hydrogen) atoms. The Bertz CT molecular complexity index is 1090. The van der Waals surface area contributed by atoms with E-state index in [9.17, 15) is 10.1 Å². The lowest BCUT2D eigenvalue weighted by molar-refractivity contribution is -0.384. The molecule has 0 saturated carbocycles. The highest BCUT2D eigenvalue weighted by molar-refractivity contribution is 5.82. The van der Waals surface area contributed by atoms with Crippen molar-refractivity contribution in [2.45, 2.75) is 26.7 Å². The number of anilines is 1. The topological polar surface area (TPSA) is 71.3 Å². The quantitative estimate of drug-likeness (QED) is 0.380. The van der Waals surface area contributed by atoms with Crippen molar-refractivity contribution < 1.29 is 4.92 Å². The van der Waals surface area contributed by atoms with Crippen molar-refractivity contribution in [2.75, 3.05) is 31.5 Å². The fourth-order valence-electron chi connectivity index (χ4n) is 4.62. The number of nitrogens with zero attached hydrogens (tertiary/aromatic N) is 3. The molecule has 0 unspecified atom stereocenters. The zero-order valence-corrected chi connectivity index (χ0v) is 19.3. The molecule has 1 N–H and O–H groups in total. The van der Waals surface area contributed by atoms with Crippen molar-refractivity contribution in [1.82, 2.24) is 9.88 Å². The molecule has 1 fully saturated rings. The maximum absolute atomic E-state index is 11.5. The molecule has 2 aromatic carbocycles. The third kappa shape index (κ3) is 5.46. The second-order valence-corrected chi connectivity index (χ2v) is 8.48. The van der Waals surface area contributed by atoms with Gasteiger partial charge in [-0.2, -0.15) is 0 Å². The van der Waals surface area contributed by atoms with Gasteiger partial charge in [0.05, 0.1) is 4.92 Å². The molecule has 0 amide bonds. The fraction of sp³-hybridized carbons (Fsp3) is 0.296. The summed E-state index contributed by atoms with van der Waals surface area (Å²) in [5.41, 5.74) is 7.24. The molecule has 1 aliphatic heterocycles. The maximum atomic E-state index is 11.5. The number of aryl methyl sites for hydroxylation is 2. The first-order valence-electron chi connectivity index (χ1n) is 11.4. The van der Waals surface area contributed by atoms with E-state index in [4.69, 9.17) is 0 Å². The standard InChI is InChI=1S/C27H30N4O2/c1-20-19-25(27(31(32)33)21(2)29-20)28-15-18-30-16-13-24(14-17-30)26(22-9-5-3-6-10-22)23-11-7-4-8-12-23/h3-12,19H,13-18H2,1-2H3,(H,28,29). The molecule has 6 nitrogen and oxygen atoms in total. The van der Waals surface area contributed by atoms with E-state index in [0.29, 0.717) is 17.9 Å². The van der Waals surface area contributed by atoms with Crippen LogP contribution in [-0.2, 0) is 0 Å². The van der Waals surface area contributed by atoms with Gasteiger partial charge in [-0.15, -0.1) is 0 Å².